The molecule has 0 unspecified atom stereocenters. The largest absolute Gasteiger partial charge is 0.476 e. The Hall–Kier alpha value is -1.90. The molecule has 3 rings (SSSR count). The van der Waals surface area contributed by atoms with Crippen molar-refractivity contribution >= 4 is 77.5 Å². The standard InChI is InChI=1S/C18H10Br2IN3O3/c19-12-1-2-15-11(7-12)8-16(27-15)18(25)24-23-9-10-5-13(20)17(14(21)6-10)26-4-3-22/h1-2,5-9H,4H2,(H,24,25)/b23-9+. The highest BCUT2D eigenvalue weighted by molar-refractivity contribution is 14.1. The number of benzene rings is 2. The van der Waals surface area contributed by atoms with E-state index < -0.39 is 5.91 Å². The van der Waals surface area contributed by atoms with Crippen LogP contribution in [-0.4, -0.2) is 18.7 Å². The van der Waals surface area contributed by atoms with Crippen LogP contribution in [0.25, 0.3) is 11.0 Å². The number of nitriles is 1. The van der Waals surface area contributed by atoms with Crippen LogP contribution in [0.15, 0.2) is 54.9 Å². The van der Waals surface area contributed by atoms with Gasteiger partial charge in [0.1, 0.15) is 17.4 Å². The van der Waals surface area contributed by atoms with Gasteiger partial charge in [-0.25, -0.2) is 5.43 Å². The molecule has 9 heteroatoms. The summed E-state index contributed by atoms with van der Waals surface area (Å²) in [5.41, 5.74) is 3.82. The van der Waals surface area contributed by atoms with E-state index in [1.807, 2.05) is 24.3 Å². The molecule has 2 aromatic carbocycles. The Balaban J connectivity index is 1.71. The molecule has 0 aliphatic heterocycles. The second-order valence-corrected chi connectivity index (χ2v) is 8.18. The van der Waals surface area contributed by atoms with Gasteiger partial charge in [0.15, 0.2) is 12.4 Å². The Morgan fingerprint density at radius 2 is 2.15 bits per heavy atom. The minimum absolute atomic E-state index is 0.0355. The minimum Gasteiger partial charge on any atom is -0.476 e. The second-order valence-electron chi connectivity index (χ2n) is 5.25. The lowest BCUT2D eigenvalue weighted by Gasteiger charge is -2.08. The Bertz CT molecular complexity index is 1070. The van der Waals surface area contributed by atoms with Crippen LogP contribution in [0.5, 0.6) is 5.75 Å². The molecule has 0 bridgehead atoms. The van der Waals surface area contributed by atoms with E-state index in [0.29, 0.717) is 15.8 Å². The van der Waals surface area contributed by atoms with E-state index in [0.717, 1.165) is 19.0 Å². The molecule has 1 amide bonds. The summed E-state index contributed by atoms with van der Waals surface area (Å²) in [6, 6.07) is 12.7. The zero-order valence-electron chi connectivity index (χ0n) is 13.5. The van der Waals surface area contributed by atoms with Gasteiger partial charge in [-0.05, 0) is 80.5 Å². The van der Waals surface area contributed by atoms with E-state index in [1.165, 1.54) is 6.21 Å². The smallest absolute Gasteiger partial charge is 0.307 e. The molecular formula is C18H10Br2IN3O3. The van der Waals surface area contributed by atoms with Gasteiger partial charge in [-0.3, -0.25) is 4.79 Å². The van der Waals surface area contributed by atoms with Gasteiger partial charge >= 0.3 is 5.91 Å². The quantitative estimate of drug-likeness (QED) is 0.246. The van der Waals surface area contributed by atoms with Gasteiger partial charge in [0.2, 0.25) is 0 Å². The molecule has 0 saturated carbocycles. The average molecular weight is 603 g/mol. The van der Waals surface area contributed by atoms with Crippen molar-refractivity contribution < 1.29 is 13.9 Å². The number of nitrogens with zero attached hydrogens (tertiary/aromatic N) is 2. The van der Waals surface area contributed by atoms with Crippen LogP contribution >= 0.6 is 54.5 Å². The molecule has 0 radical (unpaired) electrons. The van der Waals surface area contributed by atoms with Crippen LogP contribution in [0, 0.1) is 14.9 Å². The van der Waals surface area contributed by atoms with Gasteiger partial charge in [-0.2, -0.15) is 10.4 Å². The van der Waals surface area contributed by atoms with Crippen molar-refractivity contribution in [2.75, 3.05) is 6.61 Å². The zero-order chi connectivity index (χ0) is 19.4. The molecule has 1 heterocycles. The van der Waals surface area contributed by atoms with E-state index >= 15 is 0 Å². The number of hydrogen-bond donors (Lipinski definition) is 1. The zero-order valence-corrected chi connectivity index (χ0v) is 18.8. The van der Waals surface area contributed by atoms with Crippen LogP contribution in [0.2, 0.25) is 0 Å². The van der Waals surface area contributed by atoms with E-state index in [2.05, 4.69) is 65.0 Å². The third-order valence-electron chi connectivity index (χ3n) is 3.38. The Morgan fingerprint density at radius 3 is 2.89 bits per heavy atom. The number of nitrogens with one attached hydrogen (secondary N) is 1. The fraction of sp³-hybridized carbons (Fsp3) is 0.0556. The van der Waals surface area contributed by atoms with Crippen LogP contribution < -0.4 is 10.2 Å². The summed E-state index contributed by atoms with van der Waals surface area (Å²) in [7, 11) is 0. The first-order valence-corrected chi connectivity index (χ1v) is 10.2. The number of fused-ring (bicyclic) bond motifs is 1. The average Bonchev–Trinajstić information content (AvgIpc) is 3.04. The number of ether oxygens (including phenoxy) is 1. The monoisotopic (exact) mass is 601 g/mol. The maximum atomic E-state index is 12.2. The molecule has 0 aliphatic carbocycles. The van der Waals surface area contributed by atoms with Gasteiger partial charge in [-0.15, -0.1) is 0 Å². The summed E-state index contributed by atoms with van der Waals surface area (Å²) in [6.07, 6.45) is 1.51. The minimum atomic E-state index is -0.443. The maximum Gasteiger partial charge on any atom is 0.307 e. The summed E-state index contributed by atoms with van der Waals surface area (Å²) in [5, 5.41) is 13.4. The summed E-state index contributed by atoms with van der Waals surface area (Å²) >= 11 is 8.89. The highest BCUT2D eigenvalue weighted by Crippen LogP contribution is 2.31. The number of furan rings is 1. The molecular weight excluding hydrogens is 593 g/mol. The maximum absolute atomic E-state index is 12.2. The molecule has 0 spiro atoms. The molecule has 1 aromatic heterocycles. The lowest BCUT2D eigenvalue weighted by atomic mass is 10.2. The summed E-state index contributed by atoms with van der Waals surface area (Å²) < 4.78 is 13.3. The lowest BCUT2D eigenvalue weighted by Crippen LogP contribution is -2.16. The number of carbonyl (C=O) groups excluding carboxylic acids is 1. The number of hydrogen-bond acceptors (Lipinski definition) is 5. The third kappa shape index (κ3) is 4.88. The molecule has 0 fully saturated rings. The molecule has 136 valence electrons. The van der Waals surface area contributed by atoms with Gasteiger partial charge in [-0.1, -0.05) is 15.9 Å². The molecule has 0 atom stereocenters. The van der Waals surface area contributed by atoms with Crippen LogP contribution in [0.4, 0.5) is 0 Å². The highest BCUT2D eigenvalue weighted by Gasteiger charge is 2.12. The van der Waals surface area contributed by atoms with E-state index in [4.69, 9.17) is 14.4 Å². The third-order valence-corrected chi connectivity index (χ3v) is 5.27. The van der Waals surface area contributed by atoms with Crippen LogP contribution in [0.1, 0.15) is 16.1 Å². The van der Waals surface area contributed by atoms with Crippen molar-refractivity contribution in [2.24, 2.45) is 5.10 Å². The van der Waals surface area contributed by atoms with E-state index in [-0.39, 0.29) is 12.4 Å². The normalized spacial score (nSPS) is 10.9. The molecule has 0 aliphatic rings. The van der Waals surface area contributed by atoms with Crippen molar-refractivity contribution in [3.63, 3.8) is 0 Å². The van der Waals surface area contributed by atoms with Crippen molar-refractivity contribution in [3.8, 4) is 11.8 Å². The summed E-state index contributed by atoms with van der Waals surface area (Å²) in [5.74, 6) is 0.323. The lowest BCUT2D eigenvalue weighted by molar-refractivity contribution is 0.0929. The molecule has 0 saturated heterocycles. The first-order chi connectivity index (χ1) is 13.0. The molecule has 1 N–H and O–H groups in total. The van der Waals surface area contributed by atoms with Crippen LogP contribution in [-0.2, 0) is 0 Å². The fourth-order valence-corrected chi connectivity index (χ4v) is 4.39. The van der Waals surface area contributed by atoms with Gasteiger partial charge < -0.3 is 9.15 Å². The highest BCUT2D eigenvalue weighted by atomic mass is 127. The number of amides is 1. The Morgan fingerprint density at radius 1 is 1.33 bits per heavy atom. The van der Waals surface area contributed by atoms with Gasteiger partial charge in [0.25, 0.3) is 0 Å². The number of carbonyl (C=O) groups is 1. The first-order valence-electron chi connectivity index (χ1n) is 7.49. The first kappa shape index (κ1) is 19.9. The number of hydrazone groups is 1. The van der Waals surface area contributed by atoms with Crippen molar-refractivity contribution in [3.05, 3.63) is 60.2 Å². The van der Waals surface area contributed by atoms with Crippen molar-refractivity contribution in [1.82, 2.24) is 5.43 Å². The fourth-order valence-electron chi connectivity index (χ4n) is 2.24. The number of halogens is 3. The van der Waals surface area contributed by atoms with E-state index in [1.54, 1.807) is 18.2 Å². The summed E-state index contributed by atoms with van der Waals surface area (Å²) in [4.78, 5) is 12.2. The molecule has 6 nitrogen and oxygen atoms in total. The van der Waals surface area contributed by atoms with E-state index in [9.17, 15) is 4.79 Å². The van der Waals surface area contributed by atoms with Crippen LogP contribution in [0.3, 0.4) is 0 Å². The number of rotatable bonds is 5. The molecule has 3 aromatic rings. The van der Waals surface area contributed by atoms with Gasteiger partial charge in [0.05, 0.1) is 14.3 Å². The Kier molecular flexibility index (Phi) is 6.51. The van der Waals surface area contributed by atoms with Crippen molar-refractivity contribution in [1.29, 1.82) is 5.26 Å². The van der Waals surface area contributed by atoms with Gasteiger partial charge in [0, 0.05) is 9.86 Å². The topological polar surface area (TPSA) is 87.6 Å². The summed E-state index contributed by atoms with van der Waals surface area (Å²) in [6.45, 7) is -0.0355. The predicted molar refractivity (Wildman–Crippen MR) is 117 cm³/mol. The second kappa shape index (κ2) is 8.86. The molecule has 27 heavy (non-hydrogen) atoms. The SMILES string of the molecule is N#CCOc1c(Br)cc(/C=N/NC(=O)c2cc3cc(Br)ccc3o2)cc1I. The Labute approximate surface area is 185 Å². The predicted octanol–water partition coefficient (Wildman–Crippen LogP) is 5.23. The van der Waals surface area contributed by atoms with Crippen molar-refractivity contribution in [2.45, 2.75) is 0 Å².